The number of aliphatic hydroxyl groups excluding tert-OH is 1. The van der Waals surface area contributed by atoms with Gasteiger partial charge in [-0.05, 0) is 38.3 Å². The van der Waals surface area contributed by atoms with E-state index in [0.29, 0.717) is 0 Å². The van der Waals surface area contributed by atoms with Gasteiger partial charge in [-0.1, -0.05) is 26.0 Å². The van der Waals surface area contributed by atoms with Crippen molar-refractivity contribution in [3.63, 3.8) is 0 Å². The number of fused-ring (bicyclic) bond motifs is 1. The molecule has 1 aliphatic carbocycles. The highest BCUT2D eigenvalue weighted by atomic mass is 16.6. The largest absolute Gasteiger partial charge is 0.389 e. The molecule has 1 saturated heterocycles. The molecule has 3 atom stereocenters. The van der Waals surface area contributed by atoms with Crippen molar-refractivity contribution in [2.24, 2.45) is 5.41 Å². The number of hydrogen-bond donors (Lipinski definition) is 1. The minimum atomic E-state index is -0.579. The first kappa shape index (κ1) is 13.5. The number of ether oxygens (including phenoxy) is 1. The molecule has 0 unspecified atom stereocenters. The van der Waals surface area contributed by atoms with Crippen LogP contribution in [0.1, 0.15) is 40.5 Å². The Morgan fingerprint density at radius 3 is 2.72 bits per heavy atom. The monoisotopic (exact) mass is 250 g/mol. The minimum absolute atomic E-state index is 0.0249. The van der Waals surface area contributed by atoms with Crippen LogP contribution in [0.4, 0.5) is 0 Å². The Labute approximate surface area is 109 Å². The lowest BCUT2D eigenvalue weighted by atomic mass is 9.81. The van der Waals surface area contributed by atoms with Crippen molar-refractivity contribution in [3.05, 3.63) is 23.8 Å². The lowest BCUT2D eigenvalue weighted by Crippen LogP contribution is -2.35. The molecule has 0 amide bonds. The molecule has 1 aliphatic heterocycles. The highest BCUT2D eigenvalue weighted by molar-refractivity contribution is 6.03. The SMILES string of the molecule is C/C1=C\CC[C@@]2(C)O[C@@H]2[C@@H](O)C(C)(C)/C=C/C1=O. The van der Waals surface area contributed by atoms with Gasteiger partial charge >= 0.3 is 0 Å². The maximum atomic E-state index is 11.8. The van der Waals surface area contributed by atoms with Crippen LogP contribution in [-0.4, -0.2) is 28.7 Å². The van der Waals surface area contributed by atoms with Gasteiger partial charge in [-0.15, -0.1) is 0 Å². The Kier molecular flexibility index (Phi) is 3.24. The molecule has 18 heavy (non-hydrogen) atoms. The van der Waals surface area contributed by atoms with Gasteiger partial charge in [0.2, 0.25) is 0 Å². The second-order valence-electron chi connectivity index (χ2n) is 6.24. The lowest BCUT2D eigenvalue weighted by molar-refractivity contribution is -0.111. The summed E-state index contributed by atoms with van der Waals surface area (Å²) in [4.78, 5) is 11.8. The fraction of sp³-hybridized carbons (Fsp3) is 0.667. The van der Waals surface area contributed by atoms with E-state index < -0.39 is 11.5 Å². The summed E-state index contributed by atoms with van der Waals surface area (Å²) >= 11 is 0. The lowest BCUT2D eigenvalue weighted by Gasteiger charge is -2.26. The third-order valence-electron chi connectivity index (χ3n) is 4.13. The molecule has 0 radical (unpaired) electrons. The van der Waals surface area contributed by atoms with E-state index in [2.05, 4.69) is 0 Å². The summed E-state index contributed by atoms with van der Waals surface area (Å²) < 4.78 is 5.69. The molecular formula is C15H22O3. The molecule has 3 heteroatoms. The molecule has 2 aliphatic rings. The van der Waals surface area contributed by atoms with Crippen molar-refractivity contribution in [2.45, 2.75) is 58.3 Å². The summed E-state index contributed by atoms with van der Waals surface area (Å²) in [6.45, 7) is 7.73. The van der Waals surface area contributed by atoms with E-state index >= 15 is 0 Å². The van der Waals surface area contributed by atoms with Crippen molar-refractivity contribution in [1.29, 1.82) is 0 Å². The second-order valence-corrected chi connectivity index (χ2v) is 6.24. The quantitative estimate of drug-likeness (QED) is 0.672. The van der Waals surface area contributed by atoms with Crippen molar-refractivity contribution >= 4 is 5.78 Å². The minimum Gasteiger partial charge on any atom is -0.389 e. The van der Waals surface area contributed by atoms with Crippen LogP contribution in [0.3, 0.4) is 0 Å². The van der Waals surface area contributed by atoms with Crippen LogP contribution in [0, 0.1) is 5.41 Å². The summed E-state index contributed by atoms with van der Waals surface area (Å²) in [7, 11) is 0. The Balaban J connectivity index is 2.29. The number of aliphatic hydroxyl groups is 1. The van der Waals surface area contributed by atoms with Crippen LogP contribution in [0.2, 0.25) is 0 Å². The van der Waals surface area contributed by atoms with E-state index in [1.807, 2.05) is 33.8 Å². The van der Waals surface area contributed by atoms with Crippen molar-refractivity contribution in [1.82, 2.24) is 0 Å². The predicted molar refractivity (Wildman–Crippen MR) is 70.2 cm³/mol. The van der Waals surface area contributed by atoms with Crippen LogP contribution in [0.15, 0.2) is 23.8 Å². The van der Waals surface area contributed by atoms with E-state index in [4.69, 9.17) is 4.74 Å². The first-order valence-corrected chi connectivity index (χ1v) is 6.52. The molecule has 0 bridgehead atoms. The molecule has 3 nitrogen and oxygen atoms in total. The van der Waals surface area contributed by atoms with Gasteiger partial charge in [-0.2, -0.15) is 0 Å². The van der Waals surface area contributed by atoms with Gasteiger partial charge in [-0.3, -0.25) is 4.79 Å². The van der Waals surface area contributed by atoms with Crippen LogP contribution in [0.25, 0.3) is 0 Å². The highest BCUT2D eigenvalue weighted by Gasteiger charge is 2.58. The predicted octanol–water partition coefficient (Wildman–Crippen LogP) is 2.40. The second kappa shape index (κ2) is 4.32. The maximum absolute atomic E-state index is 11.8. The average molecular weight is 250 g/mol. The molecule has 100 valence electrons. The van der Waals surface area contributed by atoms with Crippen molar-refractivity contribution < 1.29 is 14.6 Å². The molecule has 0 spiro atoms. The molecule has 0 aromatic carbocycles. The van der Waals surface area contributed by atoms with E-state index in [1.54, 1.807) is 12.2 Å². The first-order chi connectivity index (χ1) is 8.26. The van der Waals surface area contributed by atoms with Crippen LogP contribution in [0.5, 0.6) is 0 Å². The maximum Gasteiger partial charge on any atom is 0.180 e. The van der Waals surface area contributed by atoms with Gasteiger partial charge in [0.1, 0.15) is 6.10 Å². The number of rotatable bonds is 0. The van der Waals surface area contributed by atoms with E-state index in [9.17, 15) is 9.90 Å². The molecule has 2 rings (SSSR count). The summed E-state index contributed by atoms with van der Waals surface area (Å²) in [6.07, 6.45) is 6.27. The number of allylic oxidation sites excluding steroid dienone is 3. The van der Waals surface area contributed by atoms with Gasteiger partial charge in [0.05, 0.1) is 11.7 Å². The normalized spacial score (nSPS) is 44.3. The van der Waals surface area contributed by atoms with Crippen molar-refractivity contribution in [2.75, 3.05) is 0 Å². The fourth-order valence-corrected chi connectivity index (χ4v) is 2.44. The summed E-state index contributed by atoms with van der Waals surface area (Å²) in [6, 6.07) is 0. The number of epoxide rings is 1. The summed E-state index contributed by atoms with van der Waals surface area (Å²) in [5.74, 6) is 0.0249. The summed E-state index contributed by atoms with van der Waals surface area (Å²) in [5.41, 5.74) is 0.0662. The Morgan fingerprint density at radius 1 is 1.39 bits per heavy atom. The third kappa shape index (κ3) is 2.43. The zero-order valence-corrected chi connectivity index (χ0v) is 11.6. The van der Waals surface area contributed by atoms with Gasteiger partial charge in [-0.25, -0.2) is 0 Å². The van der Waals surface area contributed by atoms with E-state index in [1.165, 1.54) is 0 Å². The summed E-state index contributed by atoms with van der Waals surface area (Å²) in [5, 5.41) is 10.4. The number of ketones is 1. The molecule has 0 saturated carbocycles. The zero-order valence-electron chi connectivity index (χ0n) is 11.6. The zero-order chi connectivity index (χ0) is 13.6. The van der Waals surface area contributed by atoms with Gasteiger partial charge < -0.3 is 9.84 Å². The van der Waals surface area contributed by atoms with Gasteiger partial charge in [0.25, 0.3) is 0 Å². The van der Waals surface area contributed by atoms with Crippen molar-refractivity contribution in [3.8, 4) is 0 Å². The number of carbonyl (C=O) groups is 1. The molecule has 1 fully saturated rings. The van der Waals surface area contributed by atoms with Gasteiger partial charge in [0.15, 0.2) is 5.78 Å². The number of carbonyl (C=O) groups excluding carboxylic acids is 1. The Hall–Kier alpha value is -0.930. The van der Waals surface area contributed by atoms with Crippen LogP contribution >= 0.6 is 0 Å². The molecule has 0 aromatic rings. The molecule has 0 aromatic heterocycles. The first-order valence-electron chi connectivity index (χ1n) is 6.52. The standard InChI is InChI=1S/C15H22O3/c1-10-6-5-8-15(4)13(18-15)12(17)14(2,3)9-7-11(10)16/h6-7,9,12-13,17H,5,8H2,1-4H3/b9-7+,10-6+/t12-,13-,15-/m1/s1. The molecular weight excluding hydrogens is 228 g/mol. The van der Waals surface area contributed by atoms with Gasteiger partial charge in [0, 0.05) is 5.41 Å². The van der Waals surface area contributed by atoms with Crippen LogP contribution < -0.4 is 0 Å². The number of hydrogen-bond acceptors (Lipinski definition) is 3. The smallest absolute Gasteiger partial charge is 0.180 e. The average Bonchev–Trinajstić information content (AvgIpc) is 2.96. The van der Waals surface area contributed by atoms with Crippen LogP contribution in [-0.2, 0) is 9.53 Å². The molecule has 1 N–H and O–H groups in total. The Morgan fingerprint density at radius 2 is 2.06 bits per heavy atom. The topological polar surface area (TPSA) is 49.8 Å². The Bertz CT molecular complexity index is 419. The highest BCUT2D eigenvalue weighted by Crippen LogP contribution is 2.47. The third-order valence-corrected chi connectivity index (χ3v) is 4.13. The fourth-order valence-electron chi connectivity index (χ4n) is 2.44. The molecule has 1 heterocycles. The van der Waals surface area contributed by atoms with E-state index in [-0.39, 0.29) is 17.5 Å². The van der Waals surface area contributed by atoms with E-state index in [0.717, 1.165) is 18.4 Å².